The number of anilines is 2. The Labute approximate surface area is 361 Å². The van der Waals surface area contributed by atoms with Gasteiger partial charge >= 0.3 is 0 Å². The predicted molar refractivity (Wildman–Crippen MR) is 264 cm³/mol. The lowest BCUT2D eigenvalue weighted by molar-refractivity contribution is 0.660. The molecule has 0 spiro atoms. The zero-order valence-corrected chi connectivity index (χ0v) is 37.1. The van der Waals surface area contributed by atoms with Crippen molar-refractivity contribution >= 4 is 51.4 Å². The summed E-state index contributed by atoms with van der Waals surface area (Å²) in [5, 5.41) is 8.13. The number of hydrogen-bond donors (Lipinski definition) is 0. The van der Waals surface area contributed by atoms with E-state index in [4.69, 9.17) is 0 Å². The Kier molecular flexibility index (Phi) is 7.47. The van der Waals surface area contributed by atoms with E-state index in [1.54, 1.807) is 0 Å². The van der Waals surface area contributed by atoms with Crippen LogP contribution in [0.4, 0.5) is 11.4 Å². The molecule has 0 fully saturated rings. The summed E-state index contributed by atoms with van der Waals surface area (Å²) in [5.74, 6) is 0. The predicted octanol–water partition coefficient (Wildman–Crippen LogP) is 14.5. The molecule has 12 rings (SSSR count). The highest BCUT2D eigenvalue weighted by atomic mass is 28.3. The van der Waals surface area contributed by atoms with Crippen molar-refractivity contribution in [3.8, 4) is 55.6 Å². The minimum atomic E-state index is -1.93. The van der Waals surface area contributed by atoms with Crippen LogP contribution in [0, 0.1) is 0 Å². The van der Waals surface area contributed by atoms with Gasteiger partial charge in [0.05, 0.1) is 0 Å². The number of fused-ring (bicyclic) bond motifs is 10. The van der Waals surface area contributed by atoms with Crippen molar-refractivity contribution < 1.29 is 0 Å². The molecule has 9 aromatic carbocycles. The van der Waals surface area contributed by atoms with Crippen molar-refractivity contribution in [1.29, 1.82) is 0 Å². The molecule has 0 saturated carbocycles. The third-order valence-corrected chi connectivity index (χ3v) is 18.6. The molecule has 0 aromatic heterocycles. The molecule has 0 saturated heterocycles. The smallest absolute Gasteiger partial charge is 0.117 e. The zero-order chi connectivity index (χ0) is 41.6. The van der Waals surface area contributed by atoms with Gasteiger partial charge in [-0.2, -0.15) is 0 Å². The molecule has 1 aliphatic heterocycles. The Morgan fingerprint density at radius 2 is 0.852 bits per heavy atom. The van der Waals surface area contributed by atoms with E-state index in [0.717, 1.165) is 0 Å². The normalized spacial score (nSPS) is 15.8. The second-order valence-electron chi connectivity index (χ2n) is 19.4. The molecular weight excluding hydrogens is 751 g/mol. The van der Waals surface area contributed by atoms with E-state index < -0.39 is 8.07 Å². The summed E-state index contributed by atoms with van der Waals surface area (Å²) in [6, 6.07) is 65.3. The standard InChI is InChI=1S/C59H49NSi/c1-58(2)49-21-13-11-17-41(49)46-33-38(26-30-50(46)58)57-44-19-9-8-18-43(44)56(39-27-31-55-53(35-39)60(5)52-22-14-15-23-54(52)61(55,6)7)45-29-25-36(32-47(45)57)37-24-28-42-40-16-10-12-20-48(40)59(3,4)51(42)34-37/h8-35H,1-7H3. The Hall–Kier alpha value is -6.48. The van der Waals surface area contributed by atoms with Crippen LogP contribution in [0.5, 0.6) is 0 Å². The molecule has 0 unspecified atom stereocenters. The number of nitrogens with zero attached hydrogens (tertiary/aromatic N) is 1. The van der Waals surface area contributed by atoms with Crippen LogP contribution in [-0.4, -0.2) is 15.1 Å². The van der Waals surface area contributed by atoms with Crippen LogP contribution in [0.25, 0.3) is 77.2 Å². The van der Waals surface area contributed by atoms with Gasteiger partial charge in [0.2, 0.25) is 0 Å². The van der Waals surface area contributed by atoms with E-state index in [9.17, 15) is 0 Å². The minimum absolute atomic E-state index is 0.0514. The molecular formula is C59H49NSi. The molecule has 0 bridgehead atoms. The quantitative estimate of drug-likeness (QED) is 0.127. The third kappa shape index (κ3) is 4.94. The van der Waals surface area contributed by atoms with E-state index in [2.05, 4.69) is 223 Å². The average molecular weight is 800 g/mol. The lowest BCUT2D eigenvalue weighted by atomic mass is 9.80. The van der Waals surface area contributed by atoms with Gasteiger partial charge < -0.3 is 4.90 Å². The zero-order valence-electron chi connectivity index (χ0n) is 36.1. The van der Waals surface area contributed by atoms with Gasteiger partial charge in [0.25, 0.3) is 0 Å². The van der Waals surface area contributed by atoms with E-state index in [1.807, 2.05) is 0 Å². The van der Waals surface area contributed by atoms with Crippen molar-refractivity contribution in [2.45, 2.75) is 51.6 Å². The van der Waals surface area contributed by atoms with Crippen molar-refractivity contribution in [2.24, 2.45) is 0 Å². The first-order valence-corrected chi connectivity index (χ1v) is 24.9. The molecule has 2 heteroatoms. The second kappa shape index (κ2) is 12.5. The Morgan fingerprint density at radius 3 is 1.61 bits per heavy atom. The lowest BCUT2D eigenvalue weighted by Crippen LogP contribution is -2.58. The second-order valence-corrected chi connectivity index (χ2v) is 23.7. The highest BCUT2D eigenvalue weighted by Crippen LogP contribution is 2.53. The Bertz CT molecular complexity index is 3360. The molecule has 61 heavy (non-hydrogen) atoms. The summed E-state index contributed by atoms with van der Waals surface area (Å²) in [7, 11) is 0.323. The van der Waals surface area contributed by atoms with E-state index in [0.29, 0.717) is 0 Å². The summed E-state index contributed by atoms with van der Waals surface area (Å²) >= 11 is 0. The van der Waals surface area contributed by atoms with Gasteiger partial charge in [0, 0.05) is 29.3 Å². The van der Waals surface area contributed by atoms with Crippen LogP contribution >= 0.6 is 0 Å². The summed E-state index contributed by atoms with van der Waals surface area (Å²) in [4.78, 5) is 2.43. The maximum atomic E-state index is 2.51. The fraction of sp³-hybridized carbons (Fsp3) is 0.153. The molecule has 1 nitrogen and oxygen atoms in total. The maximum absolute atomic E-state index is 2.51. The highest BCUT2D eigenvalue weighted by molar-refractivity contribution is 7.02. The van der Waals surface area contributed by atoms with Gasteiger partial charge in [0.15, 0.2) is 0 Å². The first kappa shape index (κ1) is 36.4. The monoisotopic (exact) mass is 799 g/mol. The molecule has 0 atom stereocenters. The summed E-state index contributed by atoms with van der Waals surface area (Å²) in [6.45, 7) is 14.5. The lowest BCUT2D eigenvalue weighted by Gasteiger charge is -2.39. The van der Waals surface area contributed by atoms with Crippen LogP contribution in [0.3, 0.4) is 0 Å². The molecule has 0 N–H and O–H groups in total. The van der Waals surface area contributed by atoms with Crippen LogP contribution in [0.1, 0.15) is 49.9 Å². The van der Waals surface area contributed by atoms with Gasteiger partial charge in [-0.1, -0.05) is 180 Å². The topological polar surface area (TPSA) is 3.24 Å². The number of hydrogen-bond acceptors (Lipinski definition) is 1. The molecule has 1 heterocycles. The van der Waals surface area contributed by atoms with Crippen LogP contribution in [-0.2, 0) is 10.8 Å². The van der Waals surface area contributed by atoms with Crippen LogP contribution in [0.15, 0.2) is 170 Å². The summed E-state index contributed by atoms with van der Waals surface area (Å²) < 4.78 is 0. The highest BCUT2D eigenvalue weighted by Gasteiger charge is 2.39. The summed E-state index contributed by atoms with van der Waals surface area (Å²) in [6.07, 6.45) is 0. The van der Waals surface area contributed by atoms with E-state index in [1.165, 1.54) is 121 Å². The van der Waals surface area contributed by atoms with Gasteiger partial charge in [-0.3, -0.25) is 0 Å². The molecule has 0 radical (unpaired) electrons. The van der Waals surface area contributed by atoms with Crippen LogP contribution in [0.2, 0.25) is 13.1 Å². The Balaban J connectivity index is 1.13. The summed E-state index contributed by atoms with van der Waals surface area (Å²) in [5.41, 5.74) is 21.2. The number of benzene rings is 9. The minimum Gasteiger partial charge on any atom is -0.345 e. The molecule has 3 aliphatic rings. The van der Waals surface area contributed by atoms with E-state index >= 15 is 0 Å². The third-order valence-electron chi connectivity index (χ3n) is 15.1. The number of rotatable bonds is 3. The van der Waals surface area contributed by atoms with E-state index in [-0.39, 0.29) is 10.8 Å². The fourth-order valence-corrected chi connectivity index (χ4v) is 14.9. The molecule has 2 aliphatic carbocycles. The average Bonchev–Trinajstić information content (AvgIpc) is 3.66. The van der Waals surface area contributed by atoms with Crippen LogP contribution < -0.4 is 15.3 Å². The first-order valence-electron chi connectivity index (χ1n) is 21.9. The number of para-hydroxylation sites is 1. The Morgan fingerprint density at radius 1 is 0.361 bits per heavy atom. The van der Waals surface area contributed by atoms with Gasteiger partial charge in [-0.05, 0) is 140 Å². The largest absolute Gasteiger partial charge is 0.345 e. The van der Waals surface area contributed by atoms with Crippen molar-refractivity contribution in [3.63, 3.8) is 0 Å². The SMILES string of the molecule is CN1c2ccccc2[Si](C)(C)c2ccc(-c3c4ccccc4c(-c4ccc5c(c4)-c4ccccc4C5(C)C)c4cc(-c5ccc6c(c5)C(C)(C)c5ccccc5-6)ccc34)cc21. The molecule has 294 valence electrons. The van der Waals surface area contributed by atoms with Gasteiger partial charge in [-0.25, -0.2) is 0 Å². The fourth-order valence-electron chi connectivity index (χ4n) is 11.8. The van der Waals surface area contributed by atoms with Crippen molar-refractivity contribution in [1.82, 2.24) is 0 Å². The van der Waals surface area contributed by atoms with Crippen molar-refractivity contribution in [2.75, 3.05) is 11.9 Å². The molecule has 9 aromatic rings. The van der Waals surface area contributed by atoms with Gasteiger partial charge in [-0.15, -0.1) is 0 Å². The maximum Gasteiger partial charge on any atom is 0.117 e. The molecule has 0 amide bonds. The van der Waals surface area contributed by atoms with Gasteiger partial charge in [0.1, 0.15) is 8.07 Å². The van der Waals surface area contributed by atoms with Crippen molar-refractivity contribution in [3.05, 3.63) is 192 Å². The first-order chi connectivity index (χ1) is 29.4.